The van der Waals surface area contributed by atoms with Crippen LogP contribution in [0.3, 0.4) is 0 Å². The molecule has 0 spiro atoms. The van der Waals surface area contributed by atoms with Crippen LogP contribution in [0.15, 0.2) is 15.7 Å². The number of rotatable bonds is 7. The number of halogens is 2. The minimum absolute atomic E-state index is 0.455. The van der Waals surface area contributed by atoms with E-state index in [1.54, 1.807) is 4.68 Å². The highest BCUT2D eigenvalue weighted by Crippen LogP contribution is 2.19. The van der Waals surface area contributed by atoms with Gasteiger partial charge in [-0.25, -0.2) is 4.68 Å². The normalized spacial score (nSPS) is 12.4. The molecule has 0 aliphatic rings. The fourth-order valence-corrected chi connectivity index (χ4v) is 2.12. The second-order valence-corrected chi connectivity index (χ2v) is 5.28. The summed E-state index contributed by atoms with van der Waals surface area (Å²) in [6.07, 6.45) is 0. The van der Waals surface area contributed by atoms with Crippen LogP contribution < -0.4 is 5.32 Å². The Hall–Kier alpha value is -0.300. The van der Waals surface area contributed by atoms with Crippen LogP contribution in [0.2, 0.25) is 0 Å². The molecule has 0 aliphatic heterocycles. The van der Waals surface area contributed by atoms with Crippen molar-refractivity contribution < 1.29 is 0 Å². The summed E-state index contributed by atoms with van der Waals surface area (Å²) in [5.74, 6) is 0.572. The third kappa shape index (κ3) is 5.72. The van der Waals surface area contributed by atoms with Crippen molar-refractivity contribution in [1.82, 2.24) is 25.5 Å². The number of nitrogens with one attached hydrogen (secondary N) is 1. The number of nitrogens with zero attached hydrogens (tertiary/aromatic N) is 4. The predicted molar refractivity (Wildman–Crippen MR) is 71.5 cm³/mol. The molecule has 0 atom stereocenters. The van der Waals surface area contributed by atoms with Gasteiger partial charge in [-0.05, 0) is 10.4 Å². The standard InChI is InChI=1S/C9H15Cl2N5S/c1-7(2)12-3-4-16-9(13-14-15-16)17-6-8(11)5-10/h5,7,12H,3-4,6H2,1-2H3. The Bertz CT molecular complexity index is 366. The minimum Gasteiger partial charge on any atom is -0.313 e. The molecular formula is C9H15Cl2N5S. The molecule has 17 heavy (non-hydrogen) atoms. The molecule has 1 aromatic rings. The second kappa shape index (κ2) is 7.92. The van der Waals surface area contributed by atoms with Gasteiger partial charge in [-0.1, -0.05) is 48.8 Å². The molecule has 0 saturated heterocycles. The number of thioether (sulfide) groups is 1. The second-order valence-electron chi connectivity index (χ2n) is 3.64. The summed E-state index contributed by atoms with van der Waals surface area (Å²) in [4.78, 5) is 0. The van der Waals surface area contributed by atoms with E-state index in [-0.39, 0.29) is 0 Å². The van der Waals surface area contributed by atoms with E-state index in [4.69, 9.17) is 23.2 Å². The van der Waals surface area contributed by atoms with Gasteiger partial charge in [0.15, 0.2) is 0 Å². The molecule has 0 radical (unpaired) electrons. The van der Waals surface area contributed by atoms with Crippen LogP contribution in [0, 0.1) is 0 Å². The Morgan fingerprint density at radius 1 is 1.59 bits per heavy atom. The van der Waals surface area contributed by atoms with E-state index in [0.29, 0.717) is 16.8 Å². The molecule has 8 heteroatoms. The number of hydrogen-bond donors (Lipinski definition) is 1. The zero-order valence-electron chi connectivity index (χ0n) is 9.73. The molecule has 96 valence electrons. The van der Waals surface area contributed by atoms with Crippen molar-refractivity contribution in [2.75, 3.05) is 12.3 Å². The molecule has 1 heterocycles. The van der Waals surface area contributed by atoms with Gasteiger partial charge >= 0.3 is 0 Å². The lowest BCUT2D eigenvalue weighted by Crippen LogP contribution is -2.27. The molecular weight excluding hydrogens is 281 g/mol. The molecule has 1 rings (SSSR count). The average molecular weight is 296 g/mol. The number of tetrazole rings is 1. The SMILES string of the molecule is CC(C)NCCn1nnnc1SCC(Cl)=CCl. The van der Waals surface area contributed by atoms with Gasteiger partial charge in [0.05, 0.1) is 6.54 Å². The summed E-state index contributed by atoms with van der Waals surface area (Å²) in [5.41, 5.74) is 1.35. The first kappa shape index (κ1) is 14.8. The van der Waals surface area contributed by atoms with Crippen LogP contribution in [-0.2, 0) is 6.54 Å². The lowest BCUT2D eigenvalue weighted by molar-refractivity contribution is 0.485. The lowest BCUT2D eigenvalue weighted by atomic mass is 10.4. The summed E-state index contributed by atoms with van der Waals surface area (Å²) in [5, 5.41) is 16.1. The highest BCUT2D eigenvalue weighted by molar-refractivity contribution is 7.99. The quantitative estimate of drug-likeness (QED) is 0.781. The number of hydrogen-bond acceptors (Lipinski definition) is 5. The third-order valence-electron chi connectivity index (χ3n) is 1.83. The molecule has 0 fully saturated rings. The monoisotopic (exact) mass is 295 g/mol. The summed E-state index contributed by atoms with van der Waals surface area (Å²) >= 11 is 12.7. The van der Waals surface area contributed by atoms with Gasteiger partial charge in [0, 0.05) is 28.9 Å². The van der Waals surface area contributed by atoms with Gasteiger partial charge in [-0.15, -0.1) is 5.10 Å². The van der Waals surface area contributed by atoms with Crippen LogP contribution >= 0.6 is 35.0 Å². The first-order valence-electron chi connectivity index (χ1n) is 5.20. The van der Waals surface area contributed by atoms with E-state index < -0.39 is 0 Å². The predicted octanol–water partition coefficient (Wildman–Crippen LogP) is 2.08. The van der Waals surface area contributed by atoms with Crippen molar-refractivity contribution in [2.24, 2.45) is 0 Å². The van der Waals surface area contributed by atoms with Gasteiger partial charge in [-0.3, -0.25) is 0 Å². The van der Waals surface area contributed by atoms with Crippen molar-refractivity contribution in [3.05, 3.63) is 10.6 Å². The van der Waals surface area contributed by atoms with Gasteiger partial charge in [0.25, 0.3) is 0 Å². The topological polar surface area (TPSA) is 55.6 Å². The van der Waals surface area contributed by atoms with E-state index in [2.05, 4.69) is 34.7 Å². The van der Waals surface area contributed by atoms with Crippen molar-refractivity contribution >= 4 is 35.0 Å². The smallest absolute Gasteiger partial charge is 0.209 e. The Morgan fingerprint density at radius 3 is 3.00 bits per heavy atom. The van der Waals surface area contributed by atoms with Gasteiger partial charge in [0.1, 0.15) is 0 Å². The molecule has 0 aliphatic carbocycles. The minimum atomic E-state index is 0.455. The van der Waals surface area contributed by atoms with Crippen molar-refractivity contribution in [3.8, 4) is 0 Å². The van der Waals surface area contributed by atoms with Gasteiger partial charge in [-0.2, -0.15) is 0 Å². The molecule has 0 saturated carbocycles. The molecule has 5 nitrogen and oxygen atoms in total. The van der Waals surface area contributed by atoms with Crippen LogP contribution in [0.1, 0.15) is 13.8 Å². The molecule has 0 aromatic carbocycles. The Balaban J connectivity index is 2.42. The maximum Gasteiger partial charge on any atom is 0.209 e. The largest absolute Gasteiger partial charge is 0.313 e. The van der Waals surface area contributed by atoms with Crippen molar-refractivity contribution in [1.29, 1.82) is 0 Å². The van der Waals surface area contributed by atoms with E-state index in [1.165, 1.54) is 17.3 Å². The Labute approximate surface area is 115 Å². The van der Waals surface area contributed by atoms with E-state index >= 15 is 0 Å². The van der Waals surface area contributed by atoms with Crippen LogP contribution in [0.5, 0.6) is 0 Å². The first-order chi connectivity index (χ1) is 8.13. The first-order valence-corrected chi connectivity index (χ1v) is 7.00. The Morgan fingerprint density at radius 2 is 2.35 bits per heavy atom. The summed E-state index contributed by atoms with van der Waals surface area (Å²) in [6.45, 7) is 5.76. The highest BCUT2D eigenvalue weighted by atomic mass is 35.5. The molecule has 1 N–H and O–H groups in total. The summed E-state index contributed by atoms with van der Waals surface area (Å²) < 4.78 is 1.75. The van der Waals surface area contributed by atoms with Crippen LogP contribution in [-0.4, -0.2) is 38.5 Å². The van der Waals surface area contributed by atoms with E-state index in [1.807, 2.05) is 0 Å². The Kier molecular flexibility index (Phi) is 6.87. The zero-order chi connectivity index (χ0) is 12.7. The highest BCUT2D eigenvalue weighted by Gasteiger charge is 2.07. The number of aromatic nitrogens is 4. The van der Waals surface area contributed by atoms with E-state index in [0.717, 1.165) is 18.2 Å². The fourth-order valence-electron chi connectivity index (χ4n) is 1.06. The lowest BCUT2D eigenvalue weighted by Gasteiger charge is -2.08. The van der Waals surface area contributed by atoms with Gasteiger partial charge < -0.3 is 5.32 Å². The van der Waals surface area contributed by atoms with Crippen LogP contribution in [0.4, 0.5) is 0 Å². The van der Waals surface area contributed by atoms with E-state index in [9.17, 15) is 0 Å². The van der Waals surface area contributed by atoms with Crippen LogP contribution in [0.25, 0.3) is 0 Å². The van der Waals surface area contributed by atoms with Crippen molar-refractivity contribution in [3.63, 3.8) is 0 Å². The molecule has 1 aromatic heterocycles. The fraction of sp³-hybridized carbons (Fsp3) is 0.667. The zero-order valence-corrected chi connectivity index (χ0v) is 12.1. The van der Waals surface area contributed by atoms with Crippen molar-refractivity contribution in [2.45, 2.75) is 31.6 Å². The molecule has 0 unspecified atom stereocenters. The molecule has 0 amide bonds. The average Bonchev–Trinajstić information content (AvgIpc) is 2.73. The maximum absolute atomic E-state index is 5.80. The maximum atomic E-state index is 5.80. The van der Waals surface area contributed by atoms with Gasteiger partial charge in [0.2, 0.25) is 5.16 Å². The molecule has 0 bridgehead atoms. The summed E-state index contributed by atoms with van der Waals surface area (Å²) in [6, 6.07) is 0.455. The summed E-state index contributed by atoms with van der Waals surface area (Å²) in [7, 11) is 0. The third-order valence-corrected chi connectivity index (χ3v) is 3.62.